The minimum atomic E-state index is -0.714. The first kappa shape index (κ1) is 105. The molecule has 0 spiro atoms. The van der Waals surface area contributed by atoms with E-state index in [-0.39, 0.29) is 106 Å². The number of rotatable bonds is 49. The topological polar surface area (TPSA) is 358 Å². The molecule has 696 valence electrons. The maximum absolute atomic E-state index is 12.6. The van der Waals surface area contributed by atoms with Crippen molar-refractivity contribution in [3.05, 3.63) is 225 Å². The molecule has 7 rings (SSSR count). The van der Waals surface area contributed by atoms with Gasteiger partial charge in [-0.05, 0) is 223 Å². The second-order valence-corrected chi connectivity index (χ2v) is 30.7. The first-order valence-corrected chi connectivity index (χ1v) is 44.3. The summed E-state index contributed by atoms with van der Waals surface area (Å²) in [6, 6.07) is 57.0. The number of anilines is 6. The second-order valence-electron chi connectivity index (χ2n) is 30.7. The quantitative estimate of drug-likeness (QED) is 0.00855. The van der Waals surface area contributed by atoms with E-state index in [0.717, 1.165) is 39.7 Å². The molecule has 6 atom stereocenters. The van der Waals surface area contributed by atoms with E-state index in [1.165, 1.54) is 30.4 Å². The Kier molecular flexibility index (Phi) is 45.6. The van der Waals surface area contributed by atoms with E-state index in [9.17, 15) is 55.5 Å². The highest BCUT2D eigenvalue weighted by molar-refractivity contribution is 6.00. The van der Waals surface area contributed by atoms with Gasteiger partial charge in [-0.25, -0.2) is 24.0 Å². The Hall–Kier alpha value is -13.9. The van der Waals surface area contributed by atoms with Crippen LogP contribution in [0.2, 0.25) is 0 Å². The molecule has 0 radical (unpaired) electrons. The van der Waals surface area contributed by atoms with E-state index >= 15 is 0 Å². The zero-order valence-corrected chi connectivity index (χ0v) is 77.8. The minimum Gasteiger partial charge on any atom is -0.493 e. The molecule has 0 N–H and O–H groups in total. The van der Waals surface area contributed by atoms with Crippen LogP contribution < -0.4 is 29.4 Å². The molecule has 6 aromatic rings. The molecule has 1 saturated carbocycles. The molecule has 0 bridgehead atoms. The molecular weight excluding hydrogens is 1680 g/mol. The predicted octanol–water partition coefficient (Wildman–Crippen LogP) is 15.3. The average Bonchev–Trinajstić information content (AvgIpc) is 0.852. The number of hydrogen-bond acceptors (Lipinski definition) is 29. The number of nitriles is 6. The van der Waals surface area contributed by atoms with Crippen LogP contribution in [-0.4, -0.2) is 227 Å². The number of allylic oxidation sites excluding steroid dienone is 1. The number of carbonyl (C=O) groups is 5. The summed E-state index contributed by atoms with van der Waals surface area (Å²) in [5, 5.41) is 59.3. The van der Waals surface area contributed by atoms with Gasteiger partial charge in [0.05, 0.1) is 121 Å². The summed E-state index contributed by atoms with van der Waals surface area (Å²) in [4.78, 5) is 75.6. The molecule has 0 aromatic heterocycles. The molecule has 0 amide bonds. The van der Waals surface area contributed by atoms with E-state index in [4.69, 9.17) is 56.8 Å². The van der Waals surface area contributed by atoms with Crippen molar-refractivity contribution in [1.29, 1.82) is 31.6 Å². The molecule has 29 heteroatoms. The van der Waals surface area contributed by atoms with Crippen molar-refractivity contribution in [3.8, 4) is 36.4 Å². The Bertz CT molecular complexity index is 4350. The van der Waals surface area contributed by atoms with Crippen molar-refractivity contribution in [3.63, 3.8) is 0 Å². The van der Waals surface area contributed by atoms with Crippen molar-refractivity contribution in [1.82, 2.24) is 0 Å². The second kappa shape index (κ2) is 57.3. The molecule has 6 unspecified atom stereocenters. The van der Waals surface area contributed by atoms with E-state index in [2.05, 4.69) is 42.0 Å². The molecule has 132 heavy (non-hydrogen) atoms. The van der Waals surface area contributed by atoms with Gasteiger partial charge in [-0.3, -0.25) is 0 Å². The van der Waals surface area contributed by atoms with Crippen LogP contribution in [0.3, 0.4) is 0 Å². The van der Waals surface area contributed by atoms with Crippen molar-refractivity contribution >= 4 is 100 Å². The largest absolute Gasteiger partial charge is 0.493 e. The highest BCUT2D eigenvalue weighted by Gasteiger charge is 2.35. The Morgan fingerprint density at radius 3 is 0.545 bits per heavy atom. The van der Waals surface area contributed by atoms with Crippen molar-refractivity contribution in [2.24, 2.45) is 0 Å². The van der Waals surface area contributed by atoms with Crippen molar-refractivity contribution < 1.29 is 80.8 Å². The lowest BCUT2D eigenvalue weighted by molar-refractivity contribution is -0.138. The van der Waals surface area contributed by atoms with E-state index < -0.39 is 66.5 Å². The number of likely N-dealkylation sites (N-methyl/N-ethyl adjacent to an activating group) is 6. The van der Waals surface area contributed by atoms with Crippen LogP contribution in [0.1, 0.15) is 113 Å². The molecule has 1 aliphatic carbocycles. The average molecular weight is 1800 g/mol. The Labute approximate surface area is 776 Å². The van der Waals surface area contributed by atoms with Crippen LogP contribution in [0, 0.1) is 68.0 Å². The Morgan fingerprint density at radius 1 is 0.265 bits per heavy atom. The van der Waals surface area contributed by atoms with Crippen LogP contribution in [0.4, 0.5) is 34.1 Å². The van der Waals surface area contributed by atoms with E-state index in [1.807, 2.05) is 225 Å². The Morgan fingerprint density at radius 2 is 0.409 bits per heavy atom. The number of nitrogens with zero attached hydrogens (tertiary/aromatic N) is 12. The Balaban J connectivity index is 1.35. The van der Waals surface area contributed by atoms with Gasteiger partial charge in [0.15, 0.2) is 0 Å². The lowest BCUT2D eigenvalue weighted by Crippen LogP contribution is -2.43. The maximum Gasteiger partial charge on any atom is 0.348 e. The van der Waals surface area contributed by atoms with Gasteiger partial charge in [-0.15, -0.1) is 0 Å². The van der Waals surface area contributed by atoms with Crippen LogP contribution in [0.5, 0.6) is 0 Å². The van der Waals surface area contributed by atoms with Crippen molar-refractivity contribution in [2.45, 2.75) is 117 Å². The highest BCUT2D eigenvalue weighted by Crippen LogP contribution is 2.32. The third kappa shape index (κ3) is 34.5. The normalized spacial score (nSPS) is 16.2. The van der Waals surface area contributed by atoms with Gasteiger partial charge in [-0.1, -0.05) is 79.4 Å². The van der Waals surface area contributed by atoms with Crippen LogP contribution in [-0.2, 0) is 80.8 Å². The summed E-state index contributed by atoms with van der Waals surface area (Å²) in [6.45, 7) is 18.9. The highest BCUT2D eigenvalue weighted by atomic mass is 16.6. The maximum atomic E-state index is 12.6. The lowest BCUT2D eigenvalue weighted by Gasteiger charge is -2.37. The van der Waals surface area contributed by atoms with Gasteiger partial charge >= 0.3 is 29.8 Å². The van der Waals surface area contributed by atoms with E-state index in [1.54, 1.807) is 40.7 Å². The fourth-order valence-electron chi connectivity index (χ4n) is 14.2. The van der Waals surface area contributed by atoms with Gasteiger partial charge in [0.25, 0.3) is 0 Å². The first-order valence-electron chi connectivity index (χ1n) is 44.3. The zero-order valence-electron chi connectivity index (χ0n) is 77.8. The van der Waals surface area contributed by atoms with Gasteiger partial charge < -0.3 is 86.2 Å². The summed E-state index contributed by atoms with van der Waals surface area (Å²) in [5.41, 5.74) is 8.65. The van der Waals surface area contributed by atoms with Crippen LogP contribution in [0.15, 0.2) is 191 Å². The fourth-order valence-corrected chi connectivity index (χ4v) is 14.2. The number of carbonyl (C=O) groups excluding carboxylic acids is 5. The van der Waals surface area contributed by atoms with Gasteiger partial charge in [0.1, 0.15) is 70.0 Å². The van der Waals surface area contributed by atoms with E-state index in [0.29, 0.717) is 118 Å². The SMILES string of the molecule is C=C(OCC)/C(C#N)=C/c1ccc(N(C)CCOC2CCC(OCCN(C)c3ccc(/C=C(\C#N)C(=O)OCC)cc3)C(OCCN(C)c3ccc(/C=C(\C#N)C(=O)OCC)cc3)CCC(OCCN(C)c3ccc(/C=C(\C#N)C(=O)OCC)cc3)C(OCCN(C)c3ccc(/C=C(\C#N)C(=O)OCC)cc3)CCC2OCCN(C)c2ccc(/C=C(\C#N)C(=O)OCC)cc2)cc1. The standard InChI is InChI=1S/C103H122N12O17/c1-14-121-74(7)81(68-104)62-75-20-32-87(33-21-75)110(8)50-56-127-93-44-45-95(129-58-52-112(10)89-36-24-77(25-37-89)64-83(70-106)100(117)123-16-3)97(131-60-54-114(12)91-40-28-79(29-41-91)66-85(72-108)102(119)125-18-5)48-49-98(132-61-55-115(13)92-42-30-80(31-43-92)67-86(73-109)103(120)126-19-6)96(130-59-53-113(11)90-38-26-78(27-39-90)65-84(71-107)101(118)124-17-4)47-46-94(93)128-57-51-111(9)88-34-22-76(23-35-88)63-82(69-105)99(116)122-15-2/h20-43,62-67,93-98H,7,14-19,44-61H2,1-6,8-13H3/b81-62+,82-63+,83-64+,84-65+,85-66+,86-67+. The number of ether oxygens (including phenoxy) is 12. The van der Waals surface area contributed by atoms with Crippen LogP contribution >= 0.6 is 0 Å². The molecule has 1 aliphatic rings. The molecule has 0 saturated heterocycles. The minimum absolute atomic E-state index is 0.116. The summed E-state index contributed by atoms with van der Waals surface area (Å²) in [6.07, 6.45) is 8.00. The molecule has 6 aromatic carbocycles. The number of benzene rings is 6. The lowest BCUT2D eigenvalue weighted by atomic mass is 9.92. The molecule has 1 fully saturated rings. The number of hydrogen-bond donors (Lipinski definition) is 0. The number of esters is 5. The molecule has 0 heterocycles. The monoisotopic (exact) mass is 1800 g/mol. The third-order valence-corrected chi connectivity index (χ3v) is 21.7. The molecular formula is C103H122N12O17. The third-order valence-electron chi connectivity index (χ3n) is 21.7. The summed E-state index contributed by atoms with van der Waals surface area (Å²) in [5.74, 6) is -3.29. The smallest absolute Gasteiger partial charge is 0.348 e. The predicted molar refractivity (Wildman–Crippen MR) is 510 cm³/mol. The molecule has 0 aliphatic heterocycles. The summed E-state index contributed by atoms with van der Waals surface area (Å²) in [7, 11) is 11.7. The van der Waals surface area contributed by atoms with Gasteiger partial charge in [-0.2, -0.15) is 31.6 Å². The fraction of sp³-hybridized carbons (Fsp3) is 0.408. The summed E-state index contributed by atoms with van der Waals surface area (Å²) >= 11 is 0. The van der Waals surface area contributed by atoms with Crippen molar-refractivity contribution in [2.75, 3.05) is 190 Å². The van der Waals surface area contributed by atoms with Gasteiger partial charge in [0.2, 0.25) is 0 Å². The summed E-state index contributed by atoms with van der Waals surface area (Å²) < 4.78 is 75.1. The van der Waals surface area contributed by atoms with Crippen LogP contribution in [0.25, 0.3) is 36.5 Å². The first-order chi connectivity index (χ1) is 63.9. The molecule has 29 nitrogen and oxygen atoms in total. The van der Waals surface area contributed by atoms with Gasteiger partial charge in [0, 0.05) is 116 Å². The zero-order chi connectivity index (χ0) is 95.7.